The van der Waals surface area contributed by atoms with E-state index in [1.54, 1.807) is 13.1 Å². The maximum Gasteiger partial charge on any atom is 0.181 e. The fourth-order valence-corrected chi connectivity index (χ4v) is 4.68. The number of aliphatic hydroxyl groups excluding tert-OH is 1. The second-order valence-corrected chi connectivity index (χ2v) is 8.70. The molecule has 1 aliphatic carbocycles. The molecule has 5 rings (SSSR count). The van der Waals surface area contributed by atoms with Crippen LogP contribution >= 0.6 is 0 Å². The normalized spacial score (nSPS) is 13.8. The van der Waals surface area contributed by atoms with E-state index >= 15 is 0 Å². The van der Waals surface area contributed by atoms with Crippen LogP contribution < -0.4 is 10.6 Å². The molecule has 0 bridgehead atoms. The van der Waals surface area contributed by atoms with E-state index in [0.29, 0.717) is 12.1 Å². The number of aromatic amines is 1. The molecule has 1 atom stereocenters. The van der Waals surface area contributed by atoms with Gasteiger partial charge in [-0.1, -0.05) is 18.2 Å². The van der Waals surface area contributed by atoms with Crippen LogP contribution in [0.3, 0.4) is 0 Å². The first-order chi connectivity index (χ1) is 16.0. The van der Waals surface area contributed by atoms with Gasteiger partial charge in [0.2, 0.25) is 0 Å². The Labute approximate surface area is 193 Å². The van der Waals surface area contributed by atoms with Crippen LogP contribution in [0.2, 0.25) is 0 Å². The maximum atomic E-state index is 12.0. The Hall–Kier alpha value is -3.64. The van der Waals surface area contributed by atoms with Gasteiger partial charge in [0.1, 0.15) is 5.69 Å². The van der Waals surface area contributed by atoms with E-state index in [-0.39, 0.29) is 5.78 Å². The van der Waals surface area contributed by atoms with Gasteiger partial charge in [-0.2, -0.15) is 0 Å². The lowest BCUT2D eigenvalue weighted by Crippen LogP contribution is -2.06. The Balaban J connectivity index is 1.26. The smallest absolute Gasteiger partial charge is 0.181 e. The van der Waals surface area contributed by atoms with Crippen molar-refractivity contribution in [2.75, 3.05) is 17.2 Å². The number of aromatic nitrogens is 2. The number of hydrogen-bond acceptors (Lipinski definition) is 5. The number of fused-ring (bicyclic) bond motifs is 2. The van der Waals surface area contributed by atoms with Crippen molar-refractivity contribution in [1.82, 2.24) is 9.97 Å². The number of carbonyl (C=O) groups is 1. The Kier molecular flexibility index (Phi) is 5.60. The Morgan fingerprint density at radius 1 is 1.15 bits per heavy atom. The maximum absolute atomic E-state index is 12.0. The number of carbonyl (C=O) groups excluding carboxylic acids is 1. The molecule has 0 amide bonds. The number of nitrogens with one attached hydrogen (secondary N) is 3. The zero-order valence-electron chi connectivity index (χ0n) is 18.9. The van der Waals surface area contributed by atoms with Crippen molar-refractivity contribution in [2.24, 2.45) is 0 Å². The van der Waals surface area contributed by atoms with Gasteiger partial charge < -0.3 is 20.7 Å². The summed E-state index contributed by atoms with van der Waals surface area (Å²) in [5.41, 5.74) is 8.99. The van der Waals surface area contributed by atoms with Crippen molar-refractivity contribution >= 4 is 33.7 Å². The van der Waals surface area contributed by atoms with Crippen LogP contribution in [-0.2, 0) is 12.8 Å². The monoisotopic (exact) mass is 440 g/mol. The summed E-state index contributed by atoms with van der Waals surface area (Å²) in [4.78, 5) is 19.5. The lowest BCUT2D eigenvalue weighted by molar-refractivity contribution is 0.0990. The average molecular weight is 441 g/mol. The molecular formula is C27H28N4O2. The molecule has 0 fully saturated rings. The molecule has 2 heterocycles. The van der Waals surface area contributed by atoms with E-state index in [1.165, 1.54) is 5.56 Å². The first-order valence-corrected chi connectivity index (χ1v) is 11.4. The molecule has 0 saturated heterocycles. The molecule has 2 aromatic heterocycles. The summed E-state index contributed by atoms with van der Waals surface area (Å²) in [6.45, 7) is 4.69. The molecule has 168 valence electrons. The van der Waals surface area contributed by atoms with Crippen molar-refractivity contribution in [3.8, 4) is 0 Å². The Morgan fingerprint density at radius 3 is 2.85 bits per heavy atom. The number of benzene rings is 2. The number of ketones is 1. The minimum Gasteiger partial charge on any atom is -0.389 e. The zero-order chi connectivity index (χ0) is 22.9. The Morgan fingerprint density at radius 2 is 2.03 bits per heavy atom. The van der Waals surface area contributed by atoms with E-state index < -0.39 is 6.10 Å². The summed E-state index contributed by atoms with van der Waals surface area (Å²) < 4.78 is 0. The number of hydrogen-bond donors (Lipinski definition) is 4. The van der Waals surface area contributed by atoms with Crippen molar-refractivity contribution in [1.29, 1.82) is 0 Å². The third-order valence-corrected chi connectivity index (χ3v) is 6.42. The van der Waals surface area contributed by atoms with E-state index in [4.69, 9.17) is 0 Å². The van der Waals surface area contributed by atoms with Gasteiger partial charge in [-0.15, -0.1) is 0 Å². The van der Waals surface area contributed by atoms with Gasteiger partial charge in [-0.3, -0.25) is 9.78 Å². The van der Waals surface area contributed by atoms with E-state index in [9.17, 15) is 9.90 Å². The number of aryl methyl sites for hydroxylation is 1. The van der Waals surface area contributed by atoms with E-state index in [2.05, 4.69) is 51.8 Å². The lowest BCUT2D eigenvalue weighted by atomic mass is 10.0. The second-order valence-electron chi connectivity index (χ2n) is 8.70. The number of nitrogens with zero attached hydrogens (tertiary/aromatic N) is 1. The molecule has 4 N–H and O–H groups in total. The van der Waals surface area contributed by atoms with Gasteiger partial charge in [0.15, 0.2) is 5.78 Å². The average Bonchev–Trinajstić information content (AvgIpc) is 3.39. The van der Waals surface area contributed by atoms with Crippen LogP contribution in [-0.4, -0.2) is 27.4 Å². The highest BCUT2D eigenvalue weighted by Crippen LogP contribution is 2.31. The van der Waals surface area contributed by atoms with Crippen LogP contribution in [0, 0.1) is 6.92 Å². The summed E-state index contributed by atoms with van der Waals surface area (Å²) >= 11 is 0. The Bertz CT molecular complexity index is 1340. The van der Waals surface area contributed by atoms with E-state index in [1.807, 2.05) is 24.4 Å². The highest BCUT2D eigenvalue weighted by atomic mass is 16.3. The van der Waals surface area contributed by atoms with E-state index in [0.717, 1.165) is 64.0 Å². The van der Waals surface area contributed by atoms with Crippen molar-refractivity contribution in [3.05, 3.63) is 82.8 Å². The summed E-state index contributed by atoms with van der Waals surface area (Å²) in [5.74, 6) is 0.127. The fourth-order valence-electron chi connectivity index (χ4n) is 4.68. The highest BCUT2D eigenvalue weighted by Gasteiger charge is 2.23. The summed E-state index contributed by atoms with van der Waals surface area (Å²) in [7, 11) is 0. The van der Waals surface area contributed by atoms with Gasteiger partial charge >= 0.3 is 0 Å². The van der Waals surface area contributed by atoms with Crippen LogP contribution in [0.15, 0.2) is 54.9 Å². The summed E-state index contributed by atoms with van der Waals surface area (Å²) in [6.07, 6.45) is 5.40. The third kappa shape index (κ3) is 4.10. The van der Waals surface area contributed by atoms with Crippen molar-refractivity contribution < 1.29 is 9.90 Å². The van der Waals surface area contributed by atoms with Crippen molar-refractivity contribution in [2.45, 2.75) is 39.2 Å². The molecule has 2 aromatic carbocycles. The fraction of sp³-hybridized carbons (Fsp3) is 0.259. The summed E-state index contributed by atoms with van der Waals surface area (Å²) in [5, 5.41) is 18.2. The molecule has 0 aliphatic heterocycles. The van der Waals surface area contributed by atoms with Crippen LogP contribution in [0.1, 0.15) is 52.2 Å². The zero-order valence-corrected chi connectivity index (χ0v) is 18.9. The molecule has 33 heavy (non-hydrogen) atoms. The topological polar surface area (TPSA) is 90.0 Å². The standard InChI is InChI=1S/C27H28N4O2/c1-16-14-19(31-24-11-13-29-27-22(24)7-9-25(27)33)6-8-23(16)28-12-10-18-15-30-26-20(17(2)32)4-3-5-21(18)26/h3-6,8,11,13-15,17,28,30,32H,7,9-10,12H2,1-2H3,(H,29,31). The minimum atomic E-state index is -0.498. The molecule has 4 aromatic rings. The second kappa shape index (κ2) is 8.71. The van der Waals surface area contributed by atoms with Crippen LogP contribution in [0.4, 0.5) is 17.1 Å². The quantitative estimate of drug-likeness (QED) is 0.307. The predicted molar refractivity (Wildman–Crippen MR) is 132 cm³/mol. The van der Waals surface area contributed by atoms with Crippen LogP contribution in [0.25, 0.3) is 10.9 Å². The SMILES string of the molecule is Cc1cc(Nc2ccnc3c2CCC3=O)ccc1NCCc1c[nH]c2c(C(C)O)cccc12. The van der Waals surface area contributed by atoms with Crippen molar-refractivity contribution in [3.63, 3.8) is 0 Å². The minimum absolute atomic E-state index is 0.127. The molecule has 1 unspecified atom stereocenters. The van der Waals surface area contributed by atoms with Gasteiger partial charge in [0.25, 0.3) is 0 Å². The van der Waals surface area contributed by atoms with Gasteiger partial charge in [0, 0.05) is 58.9 Å². The number of H-pyrrole nitrogens is 1. The van der Waals surface area contributed by atoms with Gasteiger partial charge in [-0.25, -0.2) is 0 Å². The number of para-hydroxylation sites is 1. The predicted octanol–water partition coefficient (Wildman–Crippen LogP) is 5.45. The largest absolute Gasteiger partial charge is 0.389 e. The van der Waals surface area contributed by atoms with Gasteiger partial charge in [-0.05, 0) is 62.1 Å². The van der Waals surface area contributed by atoms with Gasteiger partial charge in [0.05, 0.1) is 11.6 Å². The molecule has 1 aliphatic rings. The molecular weight excluding hydrogens is 412 g/mol. The number of aliphatic hydroxyl groups is 1. The van der Waals surface area contributed by atoms with Crippen LogP contribution in [0.5, 0.6) is 0 Å². The number of pyridine rings is 1. The molecule has 0 radical (unpaired) electrons. The number of Topliss-reactive ketones (excluding diaryl/α,β-unsaturated/α-hetero) is 1. The third-order valence-electron chi connectivity index (χ3n) is 6.42. The first kappa shape index (κ1) is 21.2. The first-order valence-electron chi connectivity index (χ1n) is 11.4. The lowest BCUT2D eigenvalue weighted by Gasteiger charge is -2.14. The highest BCUT2D eigenvalue weighted by molar-refractivity contribution is 6.00. The molecule has 6 nitrogen and oxygen atoms in total. The molecule has 6 heteroatoms. The number of anilines is 3. The summed E-state index contributed by atoms with van der Waals surface area (Å²) in [6, 6.07) is 14.3. The molecule has 0 saturated carbocycles. The molecule has 0 spiro atoms. The number of rotatable bonds is 7.